The average molecular weight is 288 g/mol. The molecule has 2 aromatic carbocycles. The standard InChI is InChI=1S/C16H14ClNO2/c17-14-4-2-1-3-12(14)11-6-5-10-7-8-15(13(10)9-11)20-16(18)19/h1-6,9,15H,7-8H2,(H2,18,19). The van der Waals surface area contributed by atoms with E-state index >= 15 is 0 Å². The summed E-state index contributed by atoms with van der Waals surface area (Å²) in [5.74, 6) is 0. The Bertz CT molecular complexity index is 669. The quantitative estimate of drug-likeness (QED) is 0.904. The zero-order valence-corrected chi connectivity index (χ0v) is 11.6. The molecule has 0 saturated heterocycles. The molecule has 0 spiro atoms. The lowest BCUT2D eigenvalue weighted by atomic mass is 10.00. The van der Waals surface area contributed by atoms with Gasteiger partial charge in [-0.25, -0.2) is 4.79 Å². The largest absolute Gasteiger partial charge is 0.441 e. The Kier molecular flexibility index (Phi) is 3.36. The molecule has 0 heterocycles. The van der Waals surface area contributed by atoms with E-state index in [-0.39, 0.29) is 6.10 Å². The number of carbonyl (C=O) groups excluding carboxylic acids is 1. The van der Waals surface area contributed by atoms with Gasteiger partial charge in [-0.05, 0) is 41.7 Å². The molecular formula is C16H14ClNO2. The van der Waals surface area contributed by atoms with Crippen LogP contribution in [0.15, 0.2) is 42.5 Å². The van der Waals surface area contributed by atoms with Gasteiger partial charge in [0.25, 0.3) is 0 Å². The first kappa shape index (κ1) is 13.0. The van der Waals surface area contributed by atoms with E-state index in [0.29, 0.717) is 5.02 Å². The summed E-state index contributed by atoms with van der Waals surface area (Å²) in [6.07, 6.45) is 0.705. The van der Waals surface area contributed by atoms with Crippen LogP contribution >= 0.6 is 11.6 Å². The van der Waals surface area contributed by atoms with Gasteiger partial charge in [0.15, 0.2) is 0 Å². The molecule has 4 heteroatoms. The van der Waals surface area contributed by atoms with Crippen molar-refractivity contribution in [3.8, 4) is 11.1 Å². The van der Waals surface area contributed by atoms with Crippen molar-refractivity contribution >= 4 is 17.7 Å². The highest BCUT2D eigenvalue weighted by Crippen LogP contribution is 2.37. The third kappa shape index (κ3) is 2.37. The summed E-state index contributed by atoms with van der Waals surface area (Å²) < 4.78 is 5.16. The third-order valence-corrected chi connectivity index (χ3v) is 3.94. The van der Waals surface area contributed by atoms with E-state index in [9.17, 15) is 4.79 Å². The molecular weight excluding hydrogens is 274 g/mol. The second-order valence-corrected chi connectivity index (χ2v) is 5.26. The fraction of sp³-hybridized carbons (Fsp3) is 0.188. The molecule has 0 bridgehead atoms. The van der Waals surface area contributed by atoms with Crippen LogP contribution < -0.4 is 5.73 Å². The Morgan fingerprint density at radius 1 is 1.25 bits per heavy atom. The van der Waals surface area contributed by atoms with Crippen molar-refractivity contribution in [1.29, 1.82) is 0 Å². The second-order valence-electron chi connectivity index (χ2n) is 4.86. The number of carbonyl (C=O) groups is 1. The predicted molar refractivity (Wildman–Crippen MR) is 78.6 cm³/mol. The molecule has 0 aromatic heterocycles. The highest BCUT2D eigenvalue weighted by molar-refractivity contribution is 6.33. The maximum Gasteiger partial charge on any atom is 0.405 e. The molecule has 1 amide bonds. The number of halogens is 1. The van der Waals surface area contributed by atoms with Crippen molar-refractivity contribution in [3.05, 3.63) is 58.6 Å². The van der Waals surface area contributed by atoms with Crippen molar-refractivity contribution in [1.82, 2.24) is 0 Å². The monoisotopic (exact) mass is 287 g/mol. The molecule has 1 atom stereocenters. The Hall–Kier alpha value is -2.00. The molecule has 0 aliphatic heterocycles. The Morgan fingerprint density at radius 2 is 2.05 bits per heavy atom. The summed E-state index contributed by atoms with van der Waals surface area (Å²) in [6.45, 7) is 0. The lowest BCUT2D eigenvalue weighted by molar-refractivity contribution is 0.107. The number of fused-ring (bicyclic) bond motifs is 1. The molecule has 2 N–H and O–H groups in total. The van der Waals surface area contributed by atoms with E-state index in [1.807, 2.05) is 36.4 Å². The number of hydrogen-bond donors (Lipinski definition) is 1. The summed E-state index contributed by atoms with van der Waals surface area (Å²) in [5.41, 5.74) is 9.35. The molecule has 1 aliphatic carbocycles. The molecule has 2 aromatic rings. The number of amides is 1. The first-order chi connectivity index (χ1) is 9.65. The topological polar surface area (TPSA) is 52.3 Å². The fourth-order valence-corrected chi connectivity index (χ4v) is 2.93. The molecule has 0 radical (unpaired) electrons. The Labute approximate surface area is 122 Å². The van der Waals surface area contributed by atoms with Gasteiger partial charge in [0.2, 0.25) is 0 Å². The number of primary amides is 1. The van der Waals surface area contributed by atoms with E-state index in [1.165, 1.54) is 5.56 Å². The van der Waals surface area contributed by atoms with Crippen molar-refractivity contribution in [2.45, 2.75) is 18.9 Å². The van der Waals surface area contributed by atoms with Crippen LogP contribution in [0.2, 0.25) is 5.02 Å². The molecule has 3 rings (SSSR count). The fourth-order valence-electron chi connectivity index (χ4n) is 2.69. The SMILES string of the molecule is NC(=O)OC1CCc2ccc(-c3ccccc3Cl)cc21. The third-order valence-electron chi connectivity index (χ3n) is 3.61. The number of rotatable bonds is 2. The molecule has 0 fully saturated rings. The van der Waals surface area contributed by atoms with E-state index in [1.54, 1.807) is 0 Å². The lowest BCUT2D eigenvalue weighted by Gasteiger charge is -2.13. The summed E-state index contributed by atoms with van der Waals surface area (Å²) in [4.78, 5) is 11.0. The van der Waals surface area contributed by atoms with Crippen LogP contribution in [0.5, 0.6) is 0 Å². The van der Waals surface area contributed by atoms with Crippen LogP contribution in [0.3, 0.4) is 0 Å². The van der Waals surface area contributed by atoms with Crippen molar-refractivity contribution in [3.63, 3.8) is 0 Å². The van der Waals surface area contributed by atoms with E-state index in [4.69, 9.17) is 22.1 Å². The number of aryl methyl sites for hydroxylation is 1. The molecule has 1 aliphatic rings. The maximum atomic E-state index is 11.0. The molecule has 0 saturated carbocycles. The van der Waals surface area contributed by atoms with Crippen molar-refractivity contribution in [2.24, 2.45) is 5.73 Å². The van der Waals surface area contributed by atoms with Crippen molar-refractivity contribution < 1.29 is 9.53 Å². The van der Waals surface area contributed by atoms with Crippen LogP contribution in [0, 0.1) is 0 Å². The molecule has 102 valence electrons. The van der Waals surface area contributed by atoms with Gasteiger partial charge in [0.05, 0.1) is 0 Å². The minimum atomic E-state index is -0.731. The smallest absolute Gasteiger partial charge is 0.405 e. The summed E-state index contributed by atoms with van der Waals surface area (Å²) in [7, 11) is 0. The van der Waals surface area contributed by atoms with Gasteiger partial charge >= 0.3 is 6.09 Å². The van der Waals surface area contributed by atoms with Gasteiger partial charge in [-0.3, -0.25) is 0 Å². The molecule has 1 unspecified atom stereocenters. The summed E-state index contributed by atoms with van der Waals surface area (Å²) >= 11 is 6.23. The van der Waals surface area contributed by atoms with Gasteiger partial charge in [-0.1, -0.05) is 41.9 Å². The highest BCUT2D eigenvalue weighted by atomic mass is 35.5. The molecule has 20 heavy (non-hydrogen) atoms. The van der Waals surface area contributed by atoms with Gasteiger partial charge in [-0.2, -0.15) is 0 Å². The van der Waals surface area contributed by atoms with E-state index < -0.39 is 6.09 Å². The number of nitrogens with two attached hydrogens (primary N) is 1. The summed E-state index contributed by atoms with van der Waals surface area (Å²) in [6, 6.07) is 13.8. The summed E-state index contributed by atoms with van der Waals surface area (Å²) in [5, 5.41) is 0.706. The predicted octanol–water partition coefficient (Wildman–Crippen LogP) is 4.09. The van der Waals surface area contributed by atoms with Gasteiger partial charge in [0.1, 0.15) is 6.10 Å². The zero-order chi connectivity index (χ0) is 14.1. The minimum Gasteiger partial charge on any atom is -0.441 e. The van der Waals surface area contributed by atoms with Gasteiger partial charge in [0, 0.05) is 10.6 Å². The van der Waals surface area contributed by atoms with Crippen LogP contribution in [0.1, 0.15) is 23.7 Å². The zero-order valence-electron chi connectivity index (χ0n) is 10.8. The van der Waals surface area contributed by atoms with Crippen LogP contribution in [-0.2, 0) is 11.2 Å². The highest BCUT2D eigenvalue weighted by Gasteiger charge is 2.25. The number of hydrogen-bond acceptors (Lipinski definition) is 2. The van der Waals surface area contributed by atoms with Gasteiger partial charge < -0.3 is 10.5 Å². The Balaban J connectivity index is 2.01. The van der Waals surface area contributed by atoms with Crippen LogP contribution in [-0.4, -0.2) is 6.09 Å². The average Bonchev–Trinajstić information content (AvgIpc) is 2.81. The molecule has 3 nitrogen and oxygen atoms in total. The van der Waals surface area contributed by atoms with E-state index in [2.05, 4.69) is 6.07 Å². The maximum absolute atomic E-state index is 11.0. The Morgan fingerprint density at radius 3 is 2.80 bits per heavy atom. The van der Waals surface area contributed by atoms with Crippen molar-refractivity contribution in [2.75, 3.05) is 0 Å². The second kappa shape index (κ2) is 5.17. The van der Waals surface area contributed by atoms with Crippen LogP contribution in [0.4, 0.5) is 4.79 Å². The number of benzene rings is 2. The lowest BCUT2D eigenvalue weighted by Crippen LogP contribution is -2.15. The minimum absolute atomic E-state index is 0.245. The van der Waals surface area contributed by atoms with Gasteiger partial charge in [-0.15, -0.1) is 0 Å². The first-order valence-corrected chi connectivity index (χ1v) is 6.87. The van der Waals surface area contributed by atoms with E-state index in [0.717, 1.165) is 29.5 Å². The first-order valence-electron chi connectivity index (χ1n) is 6.49. The normalized spacial score (nSPS) is 16.8. The number of ether oxygens (including phenoxy) is 1. The van der Waals surface area contributed by atoms with Crippen LogP contribution in [0.25, 0.3) is 11.1 Å².